The van der Waals surface area contributed by atoms with E-state index in [1.54, 1.807) is 6.07 Å². The molecule has 0 N–H and O–H groups in total. The molecule has 8 heteroatoms. The van der Waals surface area contributed by atoms with Crippen molar-refractivity contribution in [1.82, 2.24) is 9.21 Å². The average molecular weight is 421 g/mol. The smallest absolute Gasteiger partial charge is 0.309 e. The number of carbonyl (C=O) groups excluding carboxylic acids is 1. The zero-order chi connectivity index (χ0) is 20.9. The van der Waals surface area contributed by atoms with Crippen molar-refractivity contribution in [3.8, 4) is 0 Å². The lowest BCUT2D eigenvalue weighted by molar-refractivity contribution is -0.145. The van der Waals surface area contributed by atoms with Crippen molar-refractivity contribution in [2.45, 2.75) is 37.9 Å². The zero-order valence-electron chi connectivity index (χ0n) is 16.9. The van der Waals surface area contributed by atoms with Crippen LogP contribution in [0.5, 0.6) is 0 Å². The maximum Gasteiger partial charge on any atom is 0.309 e. The van der Waals surface area contributed by atoms with Gasteiger partial charge in [0, 0.05) is 26.2 Å². The Hall–Kier alpha value is -2.16. The number of nitrogens with zero attached hydrogens (tertiary/aromatic N) is 2. The summed E-state index contributed by atoms with van der Waals surface area (Å²) < 4.78 is 37.4. The van der Waals surface area contributed by atoms with Gasteiger partial charge in [0.15, 0.2) is 0 Å². The van der Waals surface area contributed by atoms with Crippen LogP contribution >= 0.6 is 0 Å². The highest BCUT2D eigenvalue weighted by Gasteiger charge is 2.30. The molecule has 1 unspecified atom stereocenters. The first-order chi connectivity index (χ1) is 13.9. The van der Waals surface area contributed by atoms with Gasteiger partial charge in [-0.15, -0.1) is 0 Å². The second-order valence-electron chi connectivity index (χ2n) is 7.41. The van der Waals surface area contributed by atoms with Crippen LogP contribution in [0.2, 0.25) is 0 Å². The Morgan fingerprint density at radius 2 is 1.83 bits per heavy atom. The number of esters is 1. The number of hydrogen-bond acceptors (Lipinski definition) is 6. The summed E-state index contributed by atoms with van der Waals surface area (Å²) in [7, 11) is -2.20. The molecule has 1 saturated heterocycles. The van der Waals surface area contributed by atoms with Crippen LogP contribution in [0.4, 0.5) is 0 Å². The van der Waals surface area contributed by atoms with Gasteiger partial charge in [-0.1, -0.05) is 37.3 Å². The monoisotopic (exact) mass is 420 g/mol. The molecular weight excluding hydrogens is 392 g/mol. The minimum atomic E-state index is -3.58. The minimum absolute atomic E-state index is 0.0184. The normalized spacial score (nSPS) is 16.2. The highest BCUT2D eigenvalue weighted by Crippen LogP contribution is 2.24. The largest absolute Gasteiger partial charge is 0.469 e. The summed E-state index contributed by atoms with van der Waals surface area (Å²) in [6.07, 6.45) is 1.76. The molecule has 0 saturated carbocycles. The van der Waals surface area contributed by atoms with Crippen molar-refractivity contribution in [2.75, 3.05) is 26.7 Å². The van der Waals surface area contributed by atoms with E-state index in [4.69, 9.17) is 9.15 Å². The number of hydrogen-bond donors (Lipinski definition) is 0. The summed E-state index contributed by atoms with van der Waals surface area (Å²) in [5, 5.41) is -0.0184. The Balaban J connectivity index is 1.74. The molecule has 0 radical (unpaired) electrons. The van der Waals surface area contributed by atoms with Crippen molar-refractivity contribution in [1.29, 1.82) is 0 Å². The van der Waals surface area contributed by atoms with Crippen LogP contribution in [-0.2, 0) is 32.6 Å². The van der Waals surface area contributed by atoms with Gasteiger partial charge in [-0.05, 0) is 30.5 Å². The van der Waals surface area contributed by atoms with Gasteiger partial charge in [0.25, 0.3) is 10.0 Å². The van der Waals surface area contributed by atoms with Gasteiger partial charge in [0.1, 0.15) is 5.76 Å². The molecule has 3 rings (SSSR count). The molecule has 1 aromatic heterocycles. The second kappa shape index (κ2) is 9.56. The van der Waals surface area contributed by atoms with E-state index in [1.165, 1.54) is 17.5 Å². The summed E-state index contributed by atoms with van der Waals surface area (Å²) in [4.78, 5) is 13.9. The van der Waals surface area contributed by atoms with Crippen LogP contribution in [0, 0.1) is 5.92 Å². The van der Waals surface area contributed by atoms with E-state index in [1.807, 2.05) is 37.3 Å². The first-order valence-corrected chi connectivity index (χ1v) is 11.3. The molecule has 1 fully saturated rings. The summed E-state index contributed by atoms with van der Waals surface area (Å²) in [5.74, 6) is -0.0398. The molecule has 1 atom stereocenters. The maximum atomic E-state index is 12.7. The van der Waals surface area contributed by atoms with E-state index >= 15 is 0 Å². The number of benzene rings is 1. The zero-order valence-corrected chi connectivity index (χ0v) is 17.7. The highest BCUT2D eigenvalue weighted by molar-refractivity contribution is 7.89. The lowest BCUT2D eigenvalue weighted by Crippen LogP contribution is -2.31. The number of methoxy groups -OCH3 is 1. The number of sulfonamides is 1. The van der Waals surface area contributed by atoms with E-state index in [0.717, 1.165) is 18.4 Å². The quantitative estimate of drug-likeness (QED) is 0.581. The Morgan fingerprint density at radius 3 is 2.48 bits per heavy atom. The van der Waals surface area contributed by atoms with E-state index in [-0.39, 0.29) is 17.0 Å². The highest BCUT2D eigenvalue weighted by atomic mass is 32.2. The second-order valence-corrected chi connectivity index (χ2v) is 9.28. The Bertz CT molecular complexity index is 904. The molecule has 2 aromatic rings. The summed E-state index contributed by atoms with van der Waals surface area (Å²) >= 11 is 0. The van der Waals surface area contributed by atoms with E-state index < -0.39 is 10.0 Å². The third-order valence-corrected chi connectivity index (χ3v) is 6.83. The molecule has 0 spiro atoms. The van der Waals surface area contributed by atoms with Crippen LogP contribution in [-0.4, -0.2) is 50.3 Å². The molecule has 1 aliphatic heterocycles. The minimum Gasteiger partial charge on any atom is -0.469 e. The van der Waals surface area contributed by atoms with Gasteiger partial charge in [-0.25, -0.2) is 8.42 Å². The topological polar surface area (TPSA) is 80.1 Å². The van der Waals surface area contributed by atoms with Crippen LogP contribution < -0.4 is 0 Å². The van der Waals surface area contributed by atoms with Crippen LogP contribution in [0.15, 0.2) is 52.0 Å². The molecule has 0 amide bonds. The van der Waals surface area contributed by atoms with Crippen LogP contribution in [0.25, 0.3) is 0 Å². The third-order valence-electron chi connectivity index (χ3n) is 5.06. The molecule has 29 heavy (non-hydrogen) atoms. The Labute approximate surface area is 172 Å². The maximum absolute atomic E-state index is 12.7. The first-order valence-electron chi connectivity index (χ1n) is 9.83. The standard InChI is InChI=1S/C21H28N2O5S/c1-17(21(24)27-2)14-22(15-18-8-4-3-5-9-18)16-19-10-11-20(28-19)29(25,26)23-12-6-7-13-23/h3-5,8-11,17H,6-7,12-16H2,1-2H3. The van der Waals surface area contributed by atoms with Crippen molar-refractivity contribution in [3.05, 3.63) is 53.8 Å². The van der Waals surface area contributed by atoms with Crippen LogP contribution in [0.3, 0.4) is 0 Å². The van der Waals surface area contributed by atoms with Crippen LogP contribution in [0.1, 0.15) is 31.1 Å². The molecule has 2 heterocycles. The number of carbonyl (C=O) groups is 1. The van der Waals surface area contributed by atoms with E-state index in [2.05, 4.69) is 4.90 Å². The van der Waals surface area contributed by atoms with Gasteiger partial charge < -0.3 is 9.15 Å². The van der Waals surface area contributed by atoms with Gasteiger partial charge in [-0.2, -0.15) is 4.31 Å². The third kappa shape index (κ3) is 5.46. The first kappa shape index (κ1) is 21.5. The summed E-state index contributed by atoms with van der Waals surface area (Å²) in [6.45, 7) is 4.36. The SMILES string of the molecule is COC(=O)C(C)CN(Cc1ccccc1)Cc1ccc(S(=O)(=O)N2CCCC2)o1. The van der Waals surface area contributed by atoms with E-state index in [0.29, 0.717) is 38.5 Å². The van der Waals surface area contributed by atoms with E-state index in [9.17, 15) is 13.2 Å². The fourth-order valence-electron chi connectivity index (χ4n) is 3.55. The lowest BCUT2D eigenvalue weighted by atomic mass is 10.1. The number of furan rings is 1. The van der Waals surface area contributed by atoms with Gasteiger partial charge in [0.05, 0.1) is 19.6 Å². The molecule has 0 bridgehead atoms. The number of ether oxygens (including phenoxy) is 1. The molecule has 158 valence electrons. The molecular formula is C21H28N2O5S. The Kier molecular flexibility index (Phi) is 7.10. The van der Waals surface area contributed by atoms with Crippen molar-refractivity contribution >= 4 is 16.0 Å². The van der Waals surface area contributed by atoms with Crippen molar-refractivity contribution < 1.29 is 22.4 Å². The predicted molar refractivity (Wildman–Crippen MR) is 108 cm³/mol. The van der Waals surface area contributed by atoms with Crippen molar-refractivity contribution in [3.63, 3.8) is 0 Å². The van der Waals surface area contributed by atoms with Gasteiger partial charge in [-0.3, -0.25) is 9.69 Å². The molecule has 1 aromatic carbocycles. The van der Waals surface area contributed by atoms with Gasteiger partial charge >= 0.3 is 5.97 Å². The predicted octanol–water partition coefficient (Wildman–Crippen LogP) is 2.88. The molecule has 7 nitrogen and oxygen atoms in total. The van der Waals surface area contributed by atoms with Gasteiger partial charge in [0.2, 0.25) is 5.09 Å². The number of rotatable bonds is 9. The lowest BCUT2D eigenvalue weighted by Gasteiger charge is -2.24. The summed E-state index contributed by atoms with van der Waals surface area (Å²) in [5.41, 5.74) is 1.10. The van der Waals surface area contributed by atoms with Crippen molar-refractivity contribution in [2.24, 2.45) is 5.92 Å². The summed E-state index contributed by atoms with van der Waals surface area (Å²) in [6, 6.07) is 13.1. The molecule has 1 aliphatic rings. The average Bonchev–Trinajstić information content (AvgIpc) is 3.41. The fourth-order valence-corrected chi connectivity index (χ4v) is 4.99. The Morgan fingerprint density at radius 1 is 1.14 bits per heavy atom. The fraction of sp³-hybridized carbons (Fsp3) is 0.476. The molecule has 0 aliphatic carbocycles.